The van der Waals surface area contributed by atoms with E-state index in [1.807, 2.05) is 11.3 Å². The second-order valence-electron chi connectivity index (χ2n) is 12.8. The van der Waals surface area contributed by atoms with Crippen LogP contribution in [0, 0.1) is 0 Å². The van der Waals surface area contributed by atoms with E-state index in [2.05, 4.69) is 182 Å². The van der Waals surface area contributed by atoms with Crippen LogP contribution < -0.4 is 0 Å². The zero-order chi connectivity index (χ0) is 32.3. The first-order valence-electron chi connectivity index (χ1n) is 16.8. The second-order valence-corrected chi connectivity index (χ2v) is 13.9. The van der Waals surface area contributed by atoms with Crippen LogP contribution in [-0.4, -0.2) is 0 Å². The number of fused-ring (bicyclic) bond motifs is 6. The van der Waals surface area contributed by atoms with Crippen LogP contribution in [0.25, 0.3) is 97.0 Å². The van der Waals surface area contributed by atoms with Crippen molar-refractivity contribution in [2.24, 2.45) is 0 Å². The molecule has 1 aromatic heterocycles. The Balaban J connectivity index is 1.29. The smallest absolute Gasteiger partial charge is 0.0362 e. The summed E-state index contributed by atoms with van der Waals surface area (Å²) >= 11 is 1.90. The first-order chi connectivity index (χ1) is 24.3. The van der Waals surface area contributed by atoms with Gasteiger partial charge in [0.2, 0.25) is 0 Å². The Bertz CT molecular complexity index is 2800. The van der Waals surface area contributed by atoms with Gasteiger partial charge in [-0.05, 0) is 101 Å². The molecule has 0 fully saturated rings. The molecule has 0 aliphatic carbocycles. The summed E-state index contributed by atoms with van der Waals surface area (Å²) in [5.41, 5.74) is 10.0. The monoisotopic (exact) mass is 638 g/mol. The van der Waals surface area contributed by atoms with E-state index in [4.69, 9.17) is 0 Å². The molecule has 0 atom stereocenters. The Morgan fingerprint density at radius 3 is 1.49 bits per heavy atom. The van der Waals surface area contributed by atoms with Crippen molar-refractivity contribution < 1.29 is 0 Å². The molecule has 0 amide bonds. The van der Waals surface area contributed by atoms with E-state index in [-0.39, 0.29) is 0 Å². The van der Waals surface area contributed by atoms with E-state index in [1.165, 1.54) is 97.0 Å². The molecule has 228 valence electrons. The molecule has 0 bridgehead atoms. The van der Waals surface area contributed by atoms with Crippen molar-refractivity contribution in [1.82, 2.24) is 0 Å². The molecule has 0 nitrogen and oxygen atoms in total. The maximum absolute atomic E-state index is 2.41. The summed E-state index contributed by atoms with van der Waals surface area (Å²) in [5.74, 6) is 0. The minimum Gasteiger partial charge on any atom is -0.135 e. The molecule has 0 N–H and O–H groups in total. The summed E-state index contributed by atoms with van der Waals surface area (Å²) in [7, 11) is 0. The fourth-order valence-corrected chi connectivity index (χ4v) is 9.04. The van der Waals surface area contributed by atoms with Gasteiger partial charge in [-0.3, -0.25) is 0 Å². The average molecular weight is 639 g/mol. The molecule has 10 aromatic rings. The topological polar surface area (TPSA) is 0 Å². The Kier molecular flexibility index (Phi) is 6.47. The van der Waals surface area contributed by atoms with E-state index in [9.17, 15) is 0 Å². The van der Waals surface area contributed by atoms with Crippen LogP contribution in [0.4, 0.5) is 0 Å². The predicted molar refractivity (Wildman–Crippen MR) is 214 cm³/mol. The van der Waals surface area contributed by atoms with Crippen molar-refractivity contribution in [1.29, 1.82) is 0 Å². The summed E-state index contributed by atoms with van der Waals surface area (Å²) in [6, 6.07) is 66.9. The lowest BCUT2D eigenvalue weighted by molar-refractivity contribution is 1.58. The fraction of sp³-hybridized carbons (Fsp3) is 0. The molecule has 0 radical (unpaired) electrons. The quantitative estimate of drug-likeness (QED) is 0.168. The third-order valence-corrected chi connectivity index (χ3v) is 11.2. The van der Waals surface area contributed by atoms with Gasteiger partial charge in [-0.15, -0.1) is 11.3 Å². The van der Waals surface area contributed by atoms with Gasteiger partial charge in [0, 0.05) is 20.2 Å². The van der Waals surface area contributed by atoms with Crippen molar-refractivity contribution in [3.05, 3.63) is 182 Å². The van der Waals surface area contributed by atoms with Crippen molar-refractivity contribution in [2.45, 2.75) is 0 Å². The number of hydrogen-bond acceptors (Lipinski definition) is 1. The highest BCUT2D eigenvalue weighted by Gasteiger charge is 2.20. The minimum absolute atomic E-state index is 1.22. The standard InChI is InChI=1S/C48H30S/c1-3-14-31(15-4-1)36-27-26-35(29-42(36)32-16-5-2-6-17-32)46-37-20-9-11-22-39(37)47(40-23-12-10-21-38(40)46)41-24-13-25-44-48(41)43-28-33-18-7-8-19-34(33)30-45(43)49-44/h1-30H. The summed E-state index contributed by atoms with van der Waals surface area (Å²) < 4.78 is 2.65. The Morgan fingerprint density at radius 1 is 0.286 bits per heavy atom. The zero-order valence-electron chi connectivity index (χ0n) is 26.7. The molecular formula is C48H30S. The van der Waals surface area contributed by atoms with Crippen LogP contribution in [0.15, 0.2) is 182 Å². The van der Waals surface area contributed by atoms with Crippen molar-refractivity contribution in [3.8, 4) is 44.5 Å². The highest BCUT2D eigenvalue weighted by molar-refractivity contribution is 7.26. The van der Waals surface area contributed by atoms with Crippen LogP contribution in [-0.2, 0) is 0 Å². The molecule has 0 unspecified atom stereocenters. The predicted octanol–water partition coefficient (Wildman–Crippen LogP) is 14.2. The third kappa shape index (κ3) is 4.51. The number of rotatable bonds is 4. The first-order valence-corrected chi connectivity index (χ1v) is 17.7. The Labute approximate surface area is 289 Å². The van der Waals surface area contributed by atoms with E-state index >= 15 is 0 Å². The number of hydrogen-bond donors (Lipinski definition) is 0. The fourth-order valence-electron chi connectivity index (χ4n) is 7.88. The SMILES string of the molecule is c1ccc(-c2ccc(-c3c4ccccc4c(-c4cccc5sc6cc7ccccc7cc6c45)c4ccccc34)cc2-c2ccccc2)cc1. The molecule has 9 aromatic carbocycles. The van der Waals surface area contributed by atoms with E-state index < -0.39 is 0 Å². The van der Waals surface area contributed by atoms with Gasteiger partial charge in [-0.1, -0.05) is 158 Å². The summed E-state index contributed by atoms with van der Waals surface area (Å²) in [5, 5.41) is 10.3. The lowest BCUT2D eigenvalue weighted by Crippen LogP contribution is -1.92. The highest BCUT2D eigenvalue weighted by atomic mass is 32.1. The van der Waals surface area contributed by atoms with Gasteiger partial charge in [0.15, 0.2) is 0 Å². The van der Waals surface area contributed by atoms with E-state index in [1.54, 1.807) is 0 Å². The highest BCUT2D eigenvalue weighted by Crippen LogP contribution is 2.49. The van der Waals surface area contributed by atoms with Gasteiger partial charge >= 0.3 is 0 Å². The minimum atomic E-state index is 1.22. The molecule has 0 saturated heterocycles. The molecule has 0 aliphatic rings. The molecule has 1 heterocycles. The number of benzene rings is 9. The lowest BCUT2D eigenvalue weighted by atomic mass is 9.83. The van der Waals surface area contributed by atoms with Crippen LogP contribution in [0.3, 0.4) is 0 Å². The lowest BCUT2D eigenvalue weighted by Gasteiger charge is -2.20. The van der Waals surface area contributed by atoms with Crippen molar-refractivity contribution in [3.63, 3.8) is 0 Å². The molecular weight excluding hydrogens is 609 g/mol. The molecule has 0 aliphatic heterocycles. The molecule has 10 rings (SSSR count). The van der Waals surface area contributed by atoms with Crippen LogP contribution in [0.5, 0.6) is 0 Å². The van der Waals surface area contributed by atoms with Gasteiger partial charge in [0.1, 0.15) is 0 Å². The van der Waals surface area contributed by atoms with Gasteiger partial charge in [0.05, 0.1) is 0 Å². The van der Waals surface area contributed by atoms with Crippen LogP contribution in [0.1, 0.15) is 0 Å². The first kappa shape index (κ1) is 28.0. The largest absolute Gasteiger partial charge is 0.135 e. The van der Waals surface area contributed by atoms with E-state index in [0.717, 1.165) is 0 Å². The second kappa shape index (κ2) is 11.3. The average Bonchev–Trinajstić information content (AvgIpc) is 3.54. The third-order valence-electron chi connectivity index (χ3n) is 10.0. The van der Waals surface area contributed by atoms with Gasteiger partial charge in [-0.2, -0.15) is 0 Å². The molecule has 0 spiro atoms. The Hall–Kier alpha value is -6.02. The summed E-state index contributed by atoms with van der Waals surface area (Å²) in [4.78, 5) is 0. The van der Waals surface area contributed by atoms with Gasteiger partial charge in [0.25, 0.3) is 0 Å². The maximum Gasteiger partial charge on any atom is 0.0362 e. The van der Waals surface area contributed by atoms with Crippen molar-refractivity contribution >= 4 is 63.8 Å². The van der Waals surface area contributed by atoms with Crippen LogP contribution >= 0.6 is 11.3 Å². The molecule has 49 heavy (non-hydrogen) atoms. The zero-order valence-corrected chi connectivity index (χ0v) is 27.5. The Morgan fingerprint density at radius 2 is 0.837 bits per heavy atom. The maximum atomic E-state index is 2.41. The van der Waals surface area contributed by atoms with Gasteiger partial charge < -0.3 is 0 Å². The molecule has 0 saturated carbocycles. The molecule has 1 heteroatoms. The van der Waals surface area contributed by atoms with Crippen molar-refractivity contribution in [2.75, 3.05) is 0 Å². The summed E-state index contributed by atoms with van der Waals surface area (Å²) in [6.07, 6.45) is 0. The van der Waals surface area contributed by atoms with Crippen LogP contribution in [0.2, 0.25) is 0 Å². The normalized spacial score (nSPS) is 11.7. The van der Waals surface area contributed by atoms with E-state index in [0.29, 0.717) is 0 Å². The van der Waals surface area contributed by atoms with Gasteiger partial charge in [-0.25, -0.2) is 0 Å². The summed E-state index contributed by atoms with van der Waals surface area (Å²) in [6.45, 7) is 0. The number of thiophene rings is 1.